The van der Waals surface area contributed by atoms with Crippen LogP contribution in [-0.2, 0) is 22.9 Å². The van der Waals surface area contributed by atoms with E-state index in [1.54, 1.807) is 13.8 Å². The molecule has 0 aliphatic heterocycles. The standard InChI is InChI=1S/C17H16N2O3S/c1-10-17(11(2)22-18-10)23(20,21)19-15-9-8-13-7-6-12-4-3-5-14(15)16(12)13/h3-5,8-9,19H,6-7H2,1-2H3. The van der Waals surface area contributed by atoms with Crippen LogP contribution in [0.5, 0.6) is 0 Å². The van der Waals surface area contributed by atoms with E-state index in [2.05, 4.69) is 15.9 Å². The van der Waals surface area contributed by atoms with E-state index < -0.39 is 10.0 Å². The van der Waals surface area contributed by atoms with E-state index in [4.69, 9.17) is 4.52 Å². The van der Waals surface area contributed by atoms with Crippen molar-refractivity contribution in [1.29, 1.82) is 0 Å². The van der Waals surface area contributed by atoms with E-state index in [0.717, 1.165) is 18.2 Å². The second-order valence-corrected chi connectivity index (χ2v) is 7.49. The molecule has 23 heavy (non-hydrogen) atoms. The van der Waals surface area contributed by atoms with E-state index >= 15 is 0 Å². The number of anilines is 1. The second-order valence-electron chi connectivity index (χ2n) is 5.87. The van der Waals surface area contributed by atoms with Gasteiger partial charge in [0.15, 0.2) is 10.7 Å². The van der Waals surface area contributed by atoms with Gasteiger partial charge in [-0.15, -0.1) is 0 Å². The van der Waals surface area contributed by atoms with E-state index in [0.29, 0.717) is 17.1 Å². The summed E-state index contributed by atoms with van der Waals surface area (Å²) in [6.07, 6.45) is 2.01. The fourth-order valence-corrected chi connectivity index (χ4v) is 4.80. The van der Waals surface area contributed by atoms with Gasteiger partial charge in [-0.05, 0) is 49.3 Å². The van der Waals surface area contributed by atoms with Crippen LogP contribution in [0.2, 0.25) is 0 Å². The van der Waals surface area contributed by atoms with Gasteiger partial charge in [0.05, 0.1) is 5.69 Å². The number of aryl methyl sites for hydroxylation is 4. The first-order valence-corrected chi connectivity index (χ1v) is 8.95. The quantitative estimate of drug-likeness (QED) is 0.800. The summed E-state index contributed by atoms with van der Waals surface area (Å²) in [5.74, 6) is 0.293. The van der Waals surface area contributed by atoms with Crippen LogP contribution < -0.4 is 4.72 Å². The minimum atomic E-state index is -3.73. The Labute approximate surface area is 134 Å². The highest BCUT2D eigenvalue weighted by molar-refractivity contribution is 7.92. The van der Waals surface area contributed by atoms with Crippen LogP contribution in [-0.4, -0.2) is 13.6 Å². The van der Waals surface area contributed by atoms with Crippen LogP contribution in [0, 0.1) is 13.8 Å². The second kappa shape index (κ2) is 4.83. The highest BCUT2D eigenvalue weighted by atomic mass is 32.2. The molecule has 0 amide bonds. The molecule has 6 heteroatoms. The van der Waals surface area contributed by atoms with Crippen molar-refractivity contribution in [2.75, 3.05) is 4.72 Å². The van der Waals surface area contributed by atoms with E-state index in [1.165, 1.54) is 16.5 Å². The van der Waals surface area contributed by atoms with E-state index in [1.807, 2.05) is 24.3 Å². The molecule has 0 saturated carbocycles. The molecule has 0 saturated heterocycles. The summed E-state index contributed by atoms with van der Waals surface area (Å²) in [4.78, 5) is 0.112. The first kappa shape index (κ1) is 14.3. The Balaban J connectivity index is 1.86. The van der Waals surface area contributed by atoms with E-state index in [9.17, 15) is 8.42 Å². The average Bonchev–Trinajstić information content (AvgIpc) is 3.07. The molecule has 3 aromatic rings. The third kappa shape index (κ3) is 2.13. The van der Waals surface area contributed by atoms with Gasteiger partial charge in [-0.2, -0.15) is 0 Å². The third-order valence-corrected chi connectivity index (χ3v) is 5.97. The lowest BCUT2D eigenvalue weighted by atomic mass is 10.0. The van der Waals surface area contributed by atoms with Crippen LogP contribution in [0.1, 0.15) is 22.6 Å². The van der Waals surface area contributed by atoms with Crippen LogP contribution >= 0.6 is 0 Å². The predicted octanol–water partition coefficient (Wildman–Crippen LogP) is 3.34. The monoisotopic (exact) mass is 328 g/mol. The van der Waals surface area contributed by atoms with Crippen molar-refractivity contribution in [2.24, 2.45) is 0 Å². The lowest BCUT2D eigenvalue weighted by Gasteiger charge is -2.12. The minimum Gasteiger partial charge on any atom is -0.360 e. The zero-order valence-electron chi connectivity index (χ0n) is 12.9. The number of nitrogens with one attached hydrogen (secondary N) is 1. The first-order valence-electron chi connectivity index (χ1n) is 7.46. The molecule has 1 aliphatic rings. The molecule has 4 rings (SSSR count). The largest absolute Gasteiger partial charge is 0.360 e. The maximum absolute atomic E-state index is 12.7. The lowest BCUT2D eigenvalue weighted by Crippen LogP contribution is -2.14. The smallest absolute Gasteiger partial charge is 0.267 e. The summed E-state index contributed by atoms with van der Waals surface area (Å²) >= 11 is 0. The van der Waals surface area contributed by atoms with Gasteiger partial charge >= 0.3 is 0 Å². The van der Waals surface area contributed by atoms with Crippen molar-refractivity contribution in [3.8, 4) is 0 Å². The third-order valence-electron chi connectivity index (χ3n) is 4.36. The fourth-order valence-electron chi connectivity index (χ4n) is 3.39. The van der Waals surface area contributed by atoms with Crippen molar-refractivity contribution in [2.45, 2.75) is 31.6 Å². The number of aromatic nitrogens is 1. The van der Waals surface area contributed by atoms with Crippen LogP contribution in [0.3, 0.4) is 0 Å². The minimum absolute atomic E-state index is 0.112. The maximum atomic E-state index is 12.7. The molecule has 118 valence electrons. The van der Waals surface area contributed by atoms with Gasteiger partial charge in [-0.25, -0.2) is 8.42 Å². The number of nitrogens with zero attached hydrogens (tertiary/aromatic N) is 1. The maximum Gasteiger partial charge on any atom is 0.267 e. The highest BCUT2D eigenvalue weighted by Crippen LogP contribution is 2.36. The normalized spacial score (nSPS) is 13.7. The first-order chi connectivity index (χ1) is 11.0. The highest BCUT2D eigenvalue weighted by Gasteiger charge is 2.25. The molecule has 5 nitrogen and oxygen atoms in total. The van der Waals surface area contributed by atoms with E-state index in [-0.39, 0.29) is 4.90 Å². The lowest BCUT2D eigenvalue weighted by molar-refractivity contribution is 0.390. The van der Waals surface area contributed by atoms with Crippen molar-refractivity contribution in [3.05, 3.63) is 52.9 Å². The molecule has 0 spiro atoms. The van der Waals surface area contributed by atoms with Crippen molar-refractivity contribution >= 4 is 26.5 Å². The van der Waals surface area contributed by atoms with Crippen LogP contribution in [0.15, 0.2) is 39.8 Å². The van der Waals surface area contributed by atoms with Gasteiger partial charge < -0.3 is 4.52 Å². The molecule has 1 aromatic heterocycles. The van der Waals surface area contributed by atoms with Crippen LogP contribution in [0.25, 0.3) is 10.8 Å². The zero-order chi connectivity index (χ0) is 16.2. The Morgan fingerprint density at radius 3 is 2.52 bits per heavy atom. The molecule has 1 aliphatic carbocycles. The molecule has 0 fully saturated rings. The number of benzene rings is 2. The zero-order valence-corrected chi connectivity index (χ0v) is 13.7. The number of sulfonamides is 1. The molecule has 0 atom stereocenters. The summed E-state index contributed by atoms with van der Waals surface area (Å²) in [6.45, 7) is 3.22. The Morgan fingerprint density at radius 2 is 1.83 bits per heavy atom. The Bertz CT molecular complexity index is 1010. The SMILES string of the molecule is Cc1noc(C)c1S(=O)(=O)Nc1ccc2c3c(cccc13)CC2. The van der Waals surface area contributed by atoms with Crippen LogP contribution in [0.4, 0.5) is 5.69 Å². The van der Waals surface area contributed by atoms with Gasteiger partial charge in [0.2, 0.25) is 0 Å². The molecule has 0 radical (unpaired) electrons. The summed E-state index contributed by atoms with van der Waals surface area (Å²) in [6, 6.07) is 9.87. The summed E-state index contributed by atoms with van der Waals surface area (Å²) in [7, 11) is -3.73. The van der Waals surface area contributed by atoms with Gasteiger partial charge in [0.1, 0.15) is 5.69 Å². The molecule has 0 unspecified atom stereocenters. The van der Waals surface area contributed by atoms with Crippen molar-refractivity contribution < 1.29 is 12.9 Å². The Hall–Kier alpha value is -2.34. The van der Waals surface area contributed by atoms with Crippen molar-refractivity contribution in [1.82, 2.24) is 5.16 Å². The van der Waals surface area contributed by atoms with Gasteiger partial charge in [-0.3, -0.25) is 4.72 Å². The summed E-state index contributed by atoms with van der Waals surface area (Å²) in [5, 5.41) is 5.84. The predicted molar refractivity (Wildman–Crippen MR) is 88.1 cm³/mol. The molecular weight excluding hydrogens is 312 g/mol. The van der Waals surface area contributed by atoms with Crippen molar-refractivity contribution in [3.63, 3.8) is 0 Å². The van der Waals surface area contributed by atoms with Gasteiger partial charge in [-0.1, -0.05) is 29.4 Å². The van der Waals surface area contributed by atoms with Gasteiger partial charge in [0.25, 0.3) is 10.0 Å². The summed E-state index contributed by atoms with van der Waals surface area (Å²) in [5.41, 5.74) is 3.50. The van der Waals surface area contributed by atoms with Gasteiger partial charge in [0, 0.05) is 5.39 Å². The average molecular weight is 328 g/mol. The molecule has 2 aromatic carbocycles. The molecule has 0 bridgehead atoms. The number of rotatable bonds is 3. The molecule has 1 heterocycles. The number of hydrogen-bond acceptors (Lipinski definition) is 4. The Kier molecular flexibility index (Phi) is 2.99. The molecular formula is C17H16N2O3S. The number of hydrogen-bond donors (Lipinski definition) is 1. The fraction of sp³-hybridized carbons (Fsp3) is 0.235. The summed E-state index contributed by atoms with van der Waals surface area (Å²) < 4.78 is 33.1. The molecule has 1 N–H and O–H groups in total. The Morgan fingerprint density at radius 1 is 1.09 bits per heavy atom. The topological polar surface area (TPSA) is 72.2 Å².